The molecule has 5 fully saturated rings. The third-order valence-electron chi connectivity index (χ3n) is 12.3. The highest BCUT2D eigenvalue weighted by atomic mass is 16.5. The molecule has 0 bridgehead atoms. The van der Waals surface area contributed by atoms with Crippen molar-refractivity contribution in [2.75, 3.05) is 53.7 Å². The van der Waals surface area contributed by atoms with E-state index in [-0.39, 0.29) is 11.3 Å². The highest BCUT2D eigenvalue weighted by Gasteiger charge is 2.63. The number of hydrogen-bond acceptors (Lipinski definition) is 6. The normalized spacial score (nSPS) is 35.1. The fourth-order valence-corrected chi connectivity index (χ4v) is 10.5. The zero-order valence-corrected chi connectivity index (χ0v) is 31.7. The third kappa shape index (κ3) is 11.0. The van der Waals surface area contributed by atoms with E-state index in [0.717, 1.165) is 43.2 Å². The quantitative estimate of drug-likeness (QED) is 0.164. The average molecular weight is 653 g/mol. The van der Waals surface area contributed by atoms with E-state index in [4.69, 9.17) is 14.6 Å². The molecule has 5 aliphatic carbocycles. The molecule has 0 aromatic heterocycles. The van der Waals surface area contributed by atoms with Gasteiger partial charge in [-0.05, 0) is 112 Å². The summed E-state index contributed by atoms with van der Waals surface area (Å²) >= 11 is 0. The van der Waals surface area contributed by atoms with Crippen LogP contribution in [0.2, 0.25) is 0 Å². The molecule has 0 heterocycles. The van der Waals surface area contributed by atoms with Crippen molar-refractivity contribution < 1.29 is 24.2 Å². The predicted octanol–water partition coefficient (Wildman–Crippen LogP) is 7.83. The second-order valence-electron chi connectivity index (χ2n) is 14.8. The maximum Gasteiger partial charge on any atom is 0.216 e. The van der Waals surface area contributed by atoms with Gasteiger partial charge < -0.3 is 30.0 Å². The SMILES string of the molecule is CC.CC12CCCCC1CCC1(C)C3CCC4(C=O)CCCC4C3CCC21.CCC.CNCCOCCOCCNC(C)=O.CO. The van der Waals surface area contributed by atoms with Crippen LogP contribution < -0.4 is 10.6 Å². The van der Waals surface area contributed by atoms with Gasteiger partial charge in [0, 0.05) is 32.5 Å². The summed E-state index contributed by atoms with van der Waals surface area (Å²) in [5.41, 5.74) is 1.30. The number of rotatable bonds is 10. The van der Waals surface area contributed by atoms with Crippen molar-refractivity contribution in [3.8, 4) is 0 Å². The van der Waals surface area contributed by atoms with Gasteiger partial charge >= 0.3 is 0 Å². The Morgan fingerprint density at radius 3 is 2.04 bits per heavy atom. The van der Waals surface area contributed by atoms with Gasteiger partial charge in [0.05, 0.1) is 26.4 Å². The summed E-state index contributed by atoms with van der Waals surface area (Å²) in [5.74, 6) is 4.47. The third-order valence-corrected chi connectivity index (χ3v) is 12.3. The van der Waals surface area contributed by atoms with Crippen LogP contribution in [0, 0.1) is 45.8 Å². The molecule has 272 valence electrons. The Bertz CT molecular complexity index is 826. The fourth-order valence-electron chi connectivity index (χ4n) is 10.5. The largest absolute Gasteiger partial charge is 0.400 e. The van der Waals surface area contributed by atoms with Gasteiger partial charge in [0.2, 0.25) is 5.91 Å². The van der Waals surface area contributed by atoms with Crippen molar-refractivity contribution in [3.05, 3.63) is 0 Å². The number of fused-ring (bicyclic) bond motifs is 7. The van der Waals surface area contributed by atoms with Crippen LogP contribution in [-0.2, 0) is 19.1 Å². The van der Waals surface area contributed by atoms with Crippen LogP contribution >= 0.6 is 0 Å². The van der Waals surface area contributed by atoms with Crippen molar-refractivity contribution in [2.24, 2.45) is 45.8 Å². The minimum atomic E-state index is -0.0288. The summed E-state index contributed by atoms with van der Waals surface area (Å²) in [6.07, 6.45) is 20.9. The number of ether oxygens (including phenoxy) is 2. The Morgan fingerprint density at radius 2 is 1.43 bits per heavy atom. The Hall–Kier alpha value is -1.02. The van der Waals surface area contributed by atoms with Gasteiger partial charge in [0.1, 0.15) is 6.29 Å². The molecule has 7 heteroatoms. The molecule has 3 N–H and O–H groups in total. The van der Waals surface area contributed by atoms with Crippen molar-refractivity contribution in [3.63, 3.8) is 0 Å². The van der Waals surface area contributed by atoms with Gasteiger partial charge in [0.15, 0.2) is 0 Å². The number of carbonyl (C=O) groups is 2. The van der Waals surface area contributed by atoms with Gasteiger partial charge in [0.25, 0.3) is 0 Å². The van der Waals surface area contributed by atoms with E-state index in [1.165, 1.54) is 103 Å². The van der Waals surface area contributed by atoms with Crippen LogP contribution in [0.3, 0.4) is 0 Å². The molecule has 7 nitrogen and oxygen atoms in total. The second kappa shape index (κ2) is 22.6. The van der Waals surface area contributed by atoms with E-state index < -0.39 is 0 Å². The van der Waals surface area contributed by atoms with Crippen LogP contribution in [0.25, 0.3) is 0 Å². The number of hydrogen-bond donors (Lipinski definition) is 3. The Kier molecular flexibility index (Phi) is 21.1. The van der Waals surface area contributed by atoms with E-state index in [9.17, 15) is 9.59 Å². The lowest BCUT2D eigenvalue weighted by atomic mass is 9.38. The average Bonchev–Trinajstić information content (AvgIpc) is 3.51. The zero-order chi connectivity index (χ0) is 34.6. The number of aliphatic hydroxyl groups excluding tert-OH is 1. The lowest BCUT2D eigenvalue weighted by Gasteiger charge is -2.66. The second-order valence-corrected chi connectivity index (χ2v) is 14.8. The topological polar surface area (TPSA) is 96.9 Å². The summed E-state index contributed by atoms with van der Waals surface area (Å²) in [6, 6.07) is 0. The highest BCUT2D eigenvalue weighted by molar-refractivity contribution is 5.72. The first-order valence-electron chi connectivity index (χ1n) is 19.2. The van der Waals surface area contributed by atoms with E-state index in [1.54, 1.807) is 0 Å². The van der Waals surface area contributed by atoms with Crippen LogP contribution in [0.5, 0.6) is 0 Å². The van der Waals surface area contributed by atoms with E-state index in [1.807, 2.05) is 20.9 Å². The van der Waals surface area contributed by atoms with Gasteiger partial charge in [-0.3, -0.25) is 4.79 Å². The maximum atomic E-state index is 12.0. The molecule has 0 saturated heterocycles. The Morgan fingerprint density at radius 1 is 0.783 bits per heavy atom. The predicted molar refractivity (Wildman–Crippen MR) is 192 cm³/mol. The summed E-state index contributed by atoms with van der Waals surface area (Å²) in [4.78, 5) is 22.5. The first-order valence-corrected chi connectivity index (χ1v) is 19.2. The van der Waals surface area contributed by atoms with Crippen molar-refractivity contribution in [1.82, 2.24) is 10.6 Å². The first-order chi connectivity index (χ1) is 22.2. The van der Waals surface area contributed by atoms with Gasteiger partial charge in [-0.15, -0.1) is 0 Å². The van der Waals surface area contributed by atoms with Crippen LogP contribution in [0.15, 0.2) is 0 Å². The summed E-state index contributed by atoms with van der Waals surface area (Å²) in [6.45, 7) is 18.9. The molecule has 0 aliphatic heterocycles. The lowest BCUT2D eigenvalue weighted by Crippen LogP contribution is -2.59. The van der Waals surface area contributed by atoms with E-state index in [2.05, 4.69) is 38.3 Å². The fraction of sp³-hybridized carbons (Fsp3) is 0.949. The van der Waals surface area contributed by atoms with Crippen molar-refractivity contribution >= 4 is 12.2 Å². The van der Waals surface area contributed by atoms with Crippen LogP contribution in [0.4, 0.5) is 0 Å². The van der Waals surface area contributed by atoms with Gasteiger partial charge in [-0.2, -0.15) is 0 Å². The lowest BCUT2D eigenvalue weighted by molar-refractivity contribution is -0.174. The number of amides is 1. The molecular weight excluding hydrogens is 576 g/mol. The summed E-state index contributed by atoms with van der Waals surface area (Å²) in [7, 11) is 2.88. The van der Waals surface area contributed by atoms with Crippen LogP contribution in [-0.4, -0.2) is 71.0 Å². The summed E-state index contributed by atoms with van der Waals surface area (Å²) in [5, 5.41) is 12.6. The van der Waals surface area contributed by atoms with Gasteiger partial charge in [-0.25, -0.2) is 0 Å². The minimum absolute atomic E-state index is 0.0288. The Labute approximate surface area is 284 Å². The van der Waals surface area contributed by atoms with E-state index in [0.29, 0.717) is 43.8 Å². The molecule has 0 radical (unpaired) electrons. The number of aldehydes is 1. The smallest absolute Gasteiger partial charge is 0.216 e. The van der Waals surface area contributed by atoms with E-state index >= 15 is 0 Å². The molecular formula is C39H76N2O5. The first kappa shape index (κ1) is 43.0. The molecule has 8 unspecified atom stereocenters. The molecule has 0 aromatic rings. The Balaban J connectivity index is 0.000000432. The number of aliphatic hydroxyl groups is 1. The number of carbonyl (C=O) groups excluding carboxylic acids is 2. The molecule has 46 heavy (non-hydrogen) atoms. The monoisotopic (exact) mass is 653 g/mol. The number of likely N-dealkylation sites (N-methyl/N-ethyl adjacent to an activating group) is 1. The highest BCUT2D eigenvalue weighted by Crippen LogP contribution is 2.70. The number of nitrogens with one attached hydrogen (secondary N) is 2. The zero-order valence-electron chi connectivity index (χ0n) is 31.7. The molecule has 1 amide bonds. The minimum Gasteiger partial charge on any atom is -0.400 e. The van der Waals surface area contributed by atoms with Crippen molar-refractivity contribution in [2.45, 2.75) is 138 Å². The summed E-state index contributed by atoms with van der Waals surface area (Å²) < 4.78 is 10.4. The molecule has 0 aromatic carbocycles. The van der Waals surface area contributed by atoms with Gasteiger partial charge in [-0.1, -0.05) is 67.2 Å². The van der Waals surface area contributed by atoms with Crippen LogP contribution in [0.1, 0.15) is 138 Å². The molecule has 5 aliphatic rings. The standard InChI is InChI=1S/C24H38O.C9H20N2O3.C3H8.C2H6.CH4O/c1-22-12-4-3-6-17(22)10-14-23(2)19-11-15-24(16-25)13-5-7-20(24)18(19)8-9-21(22)23;1-9(12)11-4-6-14-8-7-13-5-3-10-2;1-3-2;2*1-2/h16-21H,3-15H2,1-2H3;10H,3-8H2,1-2H3,(H,11,12);3H2,1-2H3;1-2H3;2H,1H3. The maximum absolute atomic E-state index is 12.0. The molecule has 5 rings (SSSR count). The molecule has 0 spiro atoms. The molecule has 5 saturated carbocycles. The molecule has 8 atom stereocenters. The van der Waals surface area contributed by atoms with Crippen molar-refractivity contribution in [1.29, 1.82) is 0 Å².